The lowest BCUT2D eigenvalue weighted by Gasteiger charge is -2.39. The van der Waals surface area contributed by atoms with E-state index < -0.39 is 17.9 Å². The molecular weight excluding hydrogens is 256 g/mol. The van der Waals surface area contributed by atoms with E-state index in [2.05, 4.69) is 5.32 Å². The number of imide groups is 2. The normalized spacial score (nSPS) is 26.6. The quantitative estimate of drug-likeness (QED) is 0.804. The molecule has 1 N–H and O–H groups in total. The van der Waals surface area contributed by atoms with Crippen LogP contribution in [-0.4, -0.2) is 28.8 Å². The van der Waals surface area contributed by atoms with Gasteiger partial charge < -0.3 is 0 Å². The molecule has 2 aliphatic rings. The number of barbiturate groups is 1. The first-order chi connectivity index (χ1) is 9.56. The largest absolute Gasteiger partial charge is 0.331 e. The van der Waals surface area contributed by atoms with Crippen LogP contribution in [0.25, 0.3) is 0 Å². The van der Waals surface area contributed by atoms with Crippen molar-refractivity contribution >= 4 is 17.8 Å². The summed E-state index contributed by atoms with van der Waals surface area (Å²) in [5, 5.41) is 2.34. The molecule has 1 heterocycles. The highest BCUT2D eigenvalue weighted by molar-refractivity contribution is 6.16. The van der Waals surface area contributed by atoms with Gasteiger partial charge in [0.2, 0.25) is 11.8 Å². The van der Waals surface area contributed by atoms with Crippen molar-refractivity contribution in [1.29, 1.82) is 0 Å². The van der Waals surface area contributed by atoms with Gasteiger partial charge in [-0.2, -0.15) is 0 Å². The third-order valence-electron chi connectivity index (χ3n) is 4.62. The Labute approximate surface area is 120 Å². The van der Waals surface area contributed by atoms with Crippen molar-refractivity contribution in [1.82, 2.24) is 10.2 Å². The van der Waals surface area contributed by atoms with Crippen molar-refractivity contribution < 1.29 is 14.4 Å². The Hall–Kier alpha value is -1.39. The average molecular weight is 280 g/mol. The van der Waals surface area contributed by atoms with Gasteiger partial charge in [-0.3, -0.25) is 19.8 Å². The van der Waals surface area contributed by atoms with Gasteiger partial charge in [-0.25, -0.2) is 4.79 Å². The topological polar surface area (TPSA) is 66.5 Å². The smallest absolute Gasteiger partial charge is 0.277 e. The summed E-state index contributed by atoms with van der Waals surface area (Å²) in [5.41, 5.74) is 0. The highest BCUT2D eigenvalue weighted by atomic mass is 16.2. The van der Waals surface area contributed by atoms with Crippen LogP contribution in [0.3, 0.4) is 0 Å². The van der Waals surface area contributed by atoms with Crippen LogP contribution in [0.1, 0.15) is 58.8 Å². The molecule has 2 unspecified atom stereocenters. The number of nitrogens with zero attached hydrogens (tertiary/aromatic N) is 1. The molecule has 2 fully saturated rings. The number of rotatable bonds is 4. The zero-order valence-electron chi connectivity index (χ0n) is 12.4. The Morgan fingerprint density at radius 1 is 1.20 bits per heavy atom. The SMILES string of the molecule is CCCC1C(=O)NC(=O)N(C(C)C2CCCCC2)C1=O. The van der Waals surface area contributed by atoms with Crippen LogP contribution in [0.15, 0.2) is 0 Å². The molecule has 112 valence electrons. The molecule has 0 spiro atoms. The maximum atomic E-state index is 12.5. The van der Waals surface area contributed by atoms with E-state index in [1.165, 1.54) is 11.3 Å². The Balaban J connectivity index is 2.13. The second-order valence-corrected chi connectivity index (χ2v) is 5.98. The average Bonchev–Trinajstić information content (AvgIpc) is 2.44. The molecule has 2 rings (SSSR count). The molecule has 4 amide bonds. The van der Waals surface area contributed by atoms with Crippen molar-refractivity contribution in [3.05, 3.63) is 0 Å². The second kappa shape index (κ2) is 6.37. The lowest BCUT2D eigenvalue weighted by molar-refractivity contribution is -0.145. The molecule has 1 saturated heterocycles. The van der Waals surface area contributed by atoms with Gasteiger partial charge in [0, 0.05) is 6.04 Å². The van der Waals surface area contributed by atoms with Crippen LogP contribution in [-0.2, 0) is 9.59 Å². The fraction of sp³-hybridized carbons (Fsp3) is 0.800. The summed E-state index contributed by atoms with van der Waals surface area (Å²) in [4.78, 5) is 37.6. The van der Waals surface area contributed by atoms with Crippen molar-refractivity contribution in [3.8, 4) is 0 Å². The number of hydrogen-bond acceptors (Lipinski definition) is 3. The van der Waals surface area contributed by atoms with Gasteiger partial charge in [-0.1, -0.05) is 32.6 Å². The van der Waals surface area contributed by atoms with E-state index in [1.54, 1.807) is 0 Å². The summed E-state index contributed by atoms with van der Waals surface area (Å²) < 4.78 is 0. The molecule has 0 aromatic carbocycles. The number of urea groups is 1. The maximum Gasteiger partial charge on any atom is 0.331 e. The van der Waals surface area contributed by atoms with E-state index >= 15 is 0 Å². The van der Waals surface area contributed by atoms with E-state index in [9.17, 15) is 14.4 Å². The number of carbonyl (C=O) groups excluding carboxylic acids is 3. The first kappa shape index (κ1) is 15.0. The van der Waals surface area contributed by atoms with Crippen LogP contribution in [0.2, 0.25) is 0 Å². The third kappa shape index (κ3) is 2.86. The van der Waals surface area contributed by atoms with Crippen LogP contribution < -0.4 is 5.32 Å². The van der Waals surface area contributed by atoms with Crippen LogP contribution in [0.5, 0.6) is 0 Å². The van der Waals surface area contributed by atoms with Gasteiger partial charge in [-0.05, 0) is 32.1 Å². The first-order valence-corrected chi connectivity index (χ1v) is 7.74. The van der Waals surface area contributed by atoms with E-state index in [-0.39, 0.29) is 11.9 Å². The third-order valence-corrected chi connectivity index (χ3v) is 4.62. The molecule has 1 saturated carbocycles. The minimum absolute atomic E-state index is 0.116. The summed E-state index contributed by atoms with van der Waals surface area (Å²) in [7, 11) is 0. The number of hydrogen-bond donors (Lipinski definition) is 1. The summed E-state index contributed by atoms with van der Waals surface area (Å²) in [6.45, 7) is 3.87. The second-order valence-electron chi connectivity index (χ2n) is 5.98. The molecule has 1 aliphatic carbocycles. The maximum absolute atomic E-state index is 12.5. The Morgan fingerprint density at radius 3 is 2.45 bits per heavy atom. The highest BCUT2D eigenvalue weighted by Crippen LogP contribution is 2.30. The predicted octanol–water partition coefficient (Wildman–Crippen LogP) is 2.45. The molecule has 0 bridgehead atoms. The van der Waals surface area contributed by atoms with Gasteiger partial charge in [0.1, 0.15) is 5.92 Å². The van der Waals surface area contributed by atoms with Crippen LogP contribution in [0.4, 0.5) is 4.79 Å². The zero-order chi connectivity index (χ0) is 14.7. The van der Waals surface area contributed by atoms with Crippen LogP contribution >= 0.6 is 0 Å². The van der Waals surface area contributed by atoms with Gasteiger partial charge >= 0.3 is 6.03 Å². The van der Waals surface area contributed by atoms with Gasteiger partial charge in [0.25, 0.3) is 0 Å². The monoisotopic (exact) mass is 280 g/mol. The van der Waals surface area contributed by atoms with Crippen molar-refractivity contribution in [2.45, 2.75) is 64.8 Å². The summed E-state index contributed by atoms with van der Waals surface area (Å²) in [5.74, 6) is -1.06. The fourth-order valence-corrected chi connectivity index (χ4v) is 3.39. The lowest BCUT2D eigenvalue weighted by Crippen LogP contribution is -2.61. The van der Waals surface area contributed by atoms with Gasteiger partial charge in [0.15, 0.2) is 0 Å². The number of nitrogens with one attached hydrogen (secondary N) is 1. The van der Waals surface area contributed by atoms with Crippen molar-refractivity contribution in [3.63, 3.8) is 0 Å². The first-order valence-electron chi connectivity index (χ1n) is 7.74. The molecule has 0 radical (unpaired) electrons. The summed E-state index contributed by atoms with van der Waals surface area (Å²) >= 11 is 0. The Morgan fingerprint density at radius 2 is 1.85 bits per heavy atom. The standard InChI is InChI=1S/C15H24N2O3/c1-3-7-12-13(18)16-15(20)17(14(12)19)10(2)11-8-5-4-6-9-11/h10-12H,3-9H2,1-2H3,(H,16,18,20). The Bertz CT molecular complexity index is 402. The van der Waals surface area contributed by atoms with Gasteiger partial charge in [0.05, 0.1) is 0 Å². The molecule has 20 heavy (non-hydrogen) atoms. The van der Waals surface area contributed by atoms with E-state index in [4.69, 9.17) is 0 Å². The minimum Gasteiger partial charge on any atom is -0.277 e. The van der Waals surface area contributed by atoms with E-state index in [0.717, 1.165) is 32.1 Å². The van der Waals surface area contributed by atoms with Crippen LogP contribution in [0, 0.1) is 11.8 Å². The van der Waals surface area contributed by atoms with Crippen molar-refractivity contribution in [2.75, 3.05) is 0 Å². The molecular formula is C15H24N2O3. The Kier molecular flexibility index (Phi) is 4.78. The van der Waals surface area contributed by atoms with Gasteiger partial charge in [-0.15, -0.1) is 0 Å². The zero-order valence-corrected chi connectivity index (χ0v) is 12.4. The van der Waals surface area contributed by atoms with E-state index in [0.29, 0.717) is 12.3 Å². The number of amides is 4. The molecule has 2 atom stereocenters. The number of carbonyl (C=O) groups is 3. The molecule has 5 heteroatoms. The summed E-state index contributed by atoms with van der Waals surface area (Å²) in [6, 6.07) is -0.652. The van der Waals surface area contributed by atoms with Crippen molar-refractivity contribution in [2.24, 2.45) is 11.8 Å². The minimum atomic E-state index is -0.691. The molecule has 5 nitrogen and oxygen atoms in total. The lowest BCUT2D eigenvalue weighted by atomic mass is 9.83. The summed E-state index contributed by atoms with van der Waals surface area (Å²) in [6.07, 6.45) is 6.94. The molecule has 1 aliphatic heterocycles. The fourth-order valence-electron chi connectivity index (χ4n) is 3.39. The predicted molar refractivity (Wildman–Crippen MR) is 74.8 cm³/mol. The molecule has 0 aromatic rings. The highest BCUT2D eigenvalue weighted by Gasteiger charge is 2.43. The molecule has 0 aromatic heterocycles. The van der Waals surface area contributed by atoms with E-state index in [1.807, 2.05) is 13.8 Å².